The molecular weight excluding hydrogens is 260 g/mol. The van der Waals surface area contributed by atoms with Gasteiger partial charge in [-0.25, -0.2) is 0 Å². The maximum Gasteiger partial charge on any atom is 0.120 e. The predicted octanol–water partition coefficient (Wildman–Crippen LogP) is 3.43. The Hall–Kier alpha value is -0.410. The lowest BCUT2D eigenvalue weighted by Crippen LogP contribution is -2.43. The van der Waals surface area contributed by atoms with Crippen molar-refractivity contribution in [1.29, 1.82) is 0 Å². The SMILES string of the molecule is CC.CC(C)N1CCC(CN2CCC(CC=O)CC2)CC1. The van der Waals surface area contributed by atoms with E-state index in [9.17, 15) is 4.79 Å². The first-order valence-electron chi connectivity index (χ1n) is 9.09. The summed E-state index contributed by atoms with van der Waals surface area (Å²) in [5.41, 5.74) is 0. The Kier molecular flexibility index (Phi) is 9.18. The minimum absolute atomic E-state index is 0.663. The second-order valence-corrected chi connectivity index (χ2v) is 6.72. The molecule has 2 fully saturated rings. The van der Waals surface area contributed by atoms with E-state index in [4.69, 9.17) is 0 Å². The summed E-state index contributed by atoms with van der Waals surface area (Å²) in [5.74, 6) is 1.56. The maximum absolute atomic E-state index is 10.5. The van der Waals surface area contributed by atoms with E-state index in [1.54, 1.807) is 0 Å². The summed E-state index contributed by atoms with van der Waals surface area (Å²) < 4.78 is 0. The zero-order valence-corrected chi connectivity index (χ0v) is 14.7. The largest absolute Gasteiger partial charge is 0.303 e. The minimum atomic E-state index is 0.663. The van der Waals surface area contributed by atoms with Crippen LogP contribution < -0.4 is 0 Å². The Bertz CT molecular complexity index is 264. The summed E-state index contributed by atoms with van der Waals surface area (Å²) in [6, 6.07) is 0.708. The van der Waals surface area contributed by atoms with Gasteiger partial charge in [0.25, 0.3) is 0 Å². The lowest BCUT2D eigenvalue weighted by Gasteiger charge is -2.38. The van der Waals surface area contributed by atoms with E-state index >= 15 is 0 Å². The molecule has 0 atom stereocenters. The van der Waals surface area contributed by atoms with E-state index in [0.717, 1.165) is 18.6 Å². The molecule has 0 N–H and O–H groups in total. The second kappa shape index (κ2) is 10.3. The van der Waals surface area contributed by atoms with Crippen LogP contribution in [0, 0.1) is 11.8 Å². The molecule has 0 unspecified atom stereocenters. The average molecular weight is 296 g/mol. The molecule has 0 aromatic carbocycles. The fraction of sp³-hybridized carbons (Fsp3) is 0.944. The maximum atomic E-state index is 10.5. The molecule has 0 aromatic heterocycles. The van der Waals surface area contributed by atoms with Gasteiger partial charge in [0.2, 0.25) is 0 Å². The molecule has 0 radical (unpaired) electrons. The zero-order valence-electron chi connectivity index (χ0n) is 14.7. The molecule has 0 aliphatic carbocycles. The normalized spacial score (nSPS) is 22.9. The van der Waals surface area contributed by atoms with Crippen LogP contribution in [0.25, 0.3) is 0 Å². The van der Waals surface area contributed by atoms with Crippen LogP contribution in [0.5, 0.6) is 0 Å². The summed E-state index contributed by atoms with van der Waals surface area (Å²) in [4.78, 5) is 15.8. The molecule has 0 bridgehead atoms. The summed E-state index contributed by atoms with van der Waals surface area (Å²) >= 11 is 0. The minimum Gasteiger partial charge on any atom is -0.303 e. The first kappa shape index (κ1) is 18.6. The Morgan fingerprint density at radius 1 is 0.952 bits per heavy atom. The Labute approximate surface area is 132 Å². The molecule has 2 aliphatic rings. The van der Waals surface area contributed by atoms with Crippen LogP contribution in [0.1, 0.15) is 59.8 Å². The summed E-state index contributed by atoms with van der Waals surface area (Å²) in [6.07, 6.45) is 7.06. The van der Waals surface area contributed by atoms with Gasteiger partial charge < -0.3 is 14.6 Å². The number of rotatable bonds is 5. The molecule has 2 heterocycles. The summed E-state index contributed by atoms with van der Waals surface area (Å²) in [6.45, 7) is 14.9. The third-order valence-electron chi connectivity index (χ3n) is 5.03. The summed E-state index contributed by atoms with van der Waals surface area (Å²) in [5, 5.41) is 0. The van der Waals surface area contributed by atoms with E-state index in [1.807, 2.05) is 13.8 Å². The molecular formula is C18H36N2O. The van der Waals surface area contributed by atoms with Crippen molar-refractivity contribution in [3.05, 3.63) is 0 Å². The number of hydrogen-bond acceptors (Lipinski definition) is 3. The van der Waals surface area contributed by atoms with Gasteiger partial charge in [0, 0.05) is 19.0 Å². The van der Waals surface area contributed by atoms with Crippen molar-refractivity contribution in [2.75, 3.05) is 32.7 Å². The zero-order chi connectivity index (χ0) is 15.7. The molecule has 21 heavy (non-hydrogen) atoms. The topological polar surface area (TPSA) is 23.6 Å². The van der Waals surface area contributed by atoms with Gasteiger partial charge in [0.05, 0.1) is 0 Å². The highest BCUT2D eigenvalue weighted by atomic mass is 16.1. The first-order valence-corrected chi connectivity index (χ1v) is 9.09. The van der Waals surface area contributed by atoms with Crippen LogP contribution in [0.2, 0.25) is 0 Å². The Morgan fingerprint density at radius 2 is 1.48 bits per heavy atom. The molecule has 2 aliphatic heterocycles. The predicted molar refractivity (Wildman–Crippen MR) is 90.6 cm³/mol. The van der Waals surface area contributed by atoms with Gasteiger partial charge in [-0.3, -0.25) is 0 Å². The number of likely N-dealkylation sites (tertiary alicyclic amines) is 2. The lowest BCUT2D eigenvalue weighted by molar-refractivity contribution is -0.108. The second-order valence-electron chi connectivity index (χ2n) is 6.72. The van der Waals surface area contributed by atoms with Crippen LogP contribution in [0.15, 0.2) is 0 Å². The standard InChI is InChI=1S/C16H30N2O.C2H6/c1-14(2)18-10-5-16(6-11-18)13-17-8-3-15(4-9-17)7-12-19;1-2/h12,14-16H,3-11,13H2,1-2H3;1-2H3. The molecule has 124 valence electrons. The van der Waals surface area contributed by atoms with E-state index < -0.39 is 0 Å². The van der Waals surface area contributed by atoms with Crippen molar-refractivity contribution in [1.82, 2.24) is 9.80 Å². The molecule has 0 amide bonds. The van der Waals surface area contributed by atoms with Crippen LogP contribution >= 0.6 is 0 Å². The highest BCUT2D eigenvalue weighted by Crippen LogP contribution is 2.24. The van der Waals surface area contributed by atoms with Crippen LogP contribution in [0.3, 0.4) is 0 Å². The fourth-order valence-corrected chi connectivity index (χ4v) is 3.56. The van der Waals surface area contributed by atoms with Crippen LogP contribution in [0.4, 0.5) is 0 Å². The van der Waals surface area contributed by atoms with Gasteiger partial charge in [-0.05, 0) is 77.5 Å². The molecule has 3 nitrogen and oxygen atoms in total. The highest BCUT2D eigenvalue weighted by Gasteiger charge is 2.25. The van der Waals surface area contributed by atoms with Crippen LogP contribution in [-0.2, 0) is 4.79 Å². The highest BCUT2D eigenvalue weighted by molar-refractivity contribution is 5.49. The van der Waals surface area contributed by atoms with Crippen molar-refractivity contribution in [3.8, 4) is 0 Å². The van der Waals surface area contributed by atoms with Crippen LogP contribution in [-0.4, -0.2) is 54.9 Å². The Balaban J connectivity index is 0.00000106. The third kappa shape index (κ3) is 6.48. The number of carbonyl (C=O) groups is 1. The number of nitrogens with zero attached hydrogens (tertiary/aromatic N) is 2. The van der Waals surface area contributed by atoms with Gasteiger partial charge in [-0.2, -0.15) is 0 Å². The van der Waals surface area contributed by atoms with Crippen molar-refractivity contribution in [2.24, 2.45) is 11.8 Å². The molecule has 2 rings (SSSR count). The van der Waals surface area contributed by atoms with Crippen molar-refractivity contribution in [2.45, 2.75) is 65.8 Å². The van der Waals surface area contributed by atoms with E-state index in [2.05, 4.69) is 23.6 Å². The third-order valence-corrected chi connectivity index (χ3v) is 5.03. The van der Waals surface area contributed by atoms with Gasteiger partial charge in [-0.1, -0.05) is 13.8 Å². The summed E-state index contributed by atoms with van der Waals surface area (Å²) in [7, 11) is 0. The van der Waals surface area contributed by atoms with E-state index in [-0.39, 0.29) is 0 Å². The molecule has 0 spiro atoms. The van der Waals surface area contributed by atoms with Crippen molar-refractivity contribution in [3.63, 3.8) is 0 Å². The monoisotopic (exact) mass is 296 g/mol. The molecule has 0 saturated carbocycles. The van der Waals surface area contributed by atoms with Crippen molar-refractivity contribution >= 4 is 6.29 Å². The van der Waals surface area contributed by atoms with Gasteiger partial charge in [0.15, 0.2) is 0 Å². The lowest BCUT2D eigenvalue weighted by atomic mass is 9.91. The first-order chi connectivity index (χ1) is 10.2. The van der Waals surface area contributed by atoms with E-state index in [0.29, 0.717) is 12.0 Å². The number of aldehydes is 1. The number of piperidine rings is 2. The number of hydrogen-bond donors (Lipinski definition) is 0. The number of carbonyl (C=O) groups excluding carboxylic acids is 1. The van der Waals surface area contributed by atoms with E-state index in [1.165, 1.54) is 58.4 Å². The average Bonchev–Trinajstić information content (AvgIpc) is 2.52. The quantitative estimate of drug-likeness (QED) is 0.726. The molecule has 0 aromatic rings. The van der Waals surface area contributed by atoms with Crippen molar-refractivity contribution < 1.29 is 4.79 Å². The Morgan fingerprint density at radius 3 is 1.95 bits per heavy atom. The van der Waals surface area contributed by atoms with Gasteiger partial charge >= 0.3 is 0 Å². The molecule has 3 heteroatoms. The molecule has 2 saturated heterocycles. The smallest absolute Gasteiger partial charge is 0.120 e. The van der Waals surface area contributed by atoms with Gasteiger partial charge in [0.1, 0.15) is 6.29 Å². The fourth-order valence-electron chi connectivity index (χ4n) is 3.56. The van der Waals surface area contributed by atoms with Gasteiger partial charge in [-0.15, -0.1) is 0 Å².